The van der Waals surface area contributed by atoms with Crippen molar-refractivity contribution in [1.82, 2.24) is 10.2 Å². The van der Waals surface area contributed by atoms with Crippen molar-refractivity contribution < 1.29 is 19.1 Å². The van der Waals surface area contributed by atoms with Crippen molar-refractivity contribution in [2.45, 2.75) is 0 Å². The predicted molar refractivity (Wildman–Crippen MR) is 107 cm³/mol. The summed E-state index contributed by atoms with van der Waals surface area (Å²) in [6.07, 6.45) is 4.62. The van der Waals surface area contributed by atoms with Crippen LogP contribution in [0.4, 0.5) is 0 Å². The van der Waals surface area contributed by atoms with Gasteiger partial charge in [0.25, 0.3) is 11.8 Å². The zero-order valence-electron chi connectivity index (χ0n) is 14.1. The second-order valence-electron chi connectivity index (χ2n) is 5.16. The first kappa shape index (κ1) is 19.9. The largest absolute Gasteiger partial charge is 0.493 e. The van der Waals surface area contributed by atoms with Gasteiger partial charge in [-0.05, 0) is 51.9 Å². The van der Waals surface area contributed by atoms with Crippen LogP contribution in [0.15, 0.2) is 47.5 Å². The van der Waals surface area contributed by atoms with Gasteiger partial charge >= 0.3 is 0 Å². The van der Waals surface area contributed by atoms with Crippen LogP contribution in [-0.4, -0.2) is 42.1 Å². The Kier molecular flexibility index (Phi) is 6.70. The van der Waals surface area contributed by atoms with Crippen molar-refractivity contribution in [3.05, 3.63) is 53.1 Å². The third kappa shape index (κ3) is 4.20. The Bertz CT molecular complexity index is 820. The number of amides is 2. The van der Waals surface area contributed by atoms with Gasteiger partial charge in [0.15, 0.2) is 16.6 Å². The topological polar surface area (TPSA) is 67.9 Å². The summed E-state index contributed by atoms with van der Waals surface area (Å²) in [5.74, 6) is -0.0817. The van der Waals surface area contributed by atoms with Gasteiger partial charge < -0.3 is 9.47 Å². The molecule has 1 saturated heterocycles. The molecule has 1 fully saturated rings. The van der Waals surface area contributed by atoms with Gasteiger partial charge in [-0.25, -0.2) is 0 Å². The fourth-order valence-corrected chi connectivity index (χ4v) is 3.09. The molecule has 2 amide bonds. The average molecular weight is 437 g/mol. The van der Waals surface area contributed by atoms with Crippen LogP contribution in [-0.2, 0) is 9.59 Å². The second-order valence-corrected chi connectivity index (χ2v) is 6.40. The number of rotatable bonds is 7. The summed E-state index contributed by atoms with van der Waals surface area (Å²) in [6, 6.07) is 3.39. The van der Waals surface area contributed by atoms with Gasteiger partial charge in [-0.2, -0.15) is 0 Å². The summed E-state index contributed by atoms with van der Waals surface area (Å²) in [4.78, 5) is 26.0. The number of hydrogen-bond donors (Lipinski definition) is 1. The molecule has 1 N–H and O–H groups in total. The van der Waals surface area contributed by atoms with Crippen LogP contribution in [0.1, 0.15) is 5.56 Å². The number of hydrogen-bond acceptors (Lipinski definition) is 5. The van der Waals surface area contributed by atoms with E-state index in [1.54, 1.807) is 18.2 Å². The number of nitrogens with one attached hydrogen (secondary N) is 1. The van der Waals surface area contributed by atoms with Gasteiger partial charge in [0.2, 0.25) is 0 Å². The van der Waals surface area contributed by atoms with E-state index in [1.165, 1.54) is 24.2 Å². The van der Waals surface area contributed by atoms with E-state index in [0.717, 1.165) is 0 Å². The lowest BCUT2D eigenvalue weighted by Crippen LogP contribution is -2.53. The number of ether oxygens (including phenoxy) is 2. The van der Waals surface area contributed by atoms with Crippen molar-refractivity contribution in [3.8, 4) is 11.5 Å². The van der Waals surface area contributed by atoms with Gasteiger partial charge in [0, 0.05) is 6.54 Å². The number of benzene rings is 1. The third-order valence-corrected chi connectivity index (χ3v) is 4.32. The van der Waals surface area contributed by atoms with Gasteiger partial charge in [0.1, 0.15) is 12.2 Å². The van der Waals surface area contributed by atoms with E-state index in [-0.39, 0.29) is 17.2 Å². The Morgan fingerprint density at radius 2 is 2.04 bits per heavy atom. The summed E-state index contributed by atoms with van der Waals surface area (Å²) < 4.78 is 11.5. The maximum absolute atomic E-state index is 12.6. The van der Waals surface area contributed by atoms with Crippen molar-refractivity contribution >= 4 is 51.2 Å². The van der Waals surface area contributed by atoms with Crippen molar-refractivity contribution in [1.29, 1.82) is 0 Å². The van der Waals surface area contributed by atoms with E-state index in [9.17, 15) is 9.59 Å². The summed E-state index contributed by atoms with van der Waals surface area (Å²) >= 11 is 8.44. The minimum absolute atomic E-state index is 0.0332. The van der Waals surface area contributed by atoms with Crippen LogP contribution in [0.25, 0.3) is 6.08 Å². The van der Waals surface area contributed by atoms with Crippen molar-refractivity contribution in [3.63, 3.8) is 0 Å². The van der Waals surface area contributed by atoms with Crippen molar-refractivity contribution in [2.24, 2.45) is 0 Å². The molecule has 2 rings (SSSR count). The summed E-state index contributed by atoms with van der Waals surface area (Å²) in [6.45, 7) is 7.71. The number of carbonyl (C=O) groups excluding carboxylic acids is 2. The first-order valence-corrected chi connectivity index (χ1v) is 8.74. The monoisotopic (exact) mass is 436 g/mol. The van der Waals surface area contributed by atoms with Gasteiger partial charge in [0.05, 0.1) is 11.6 Å². The minimum atomic E-state index is -0.553. The molecule has 0 atom stereocenters. The Morgan fingerprint density at radius 1 is 1.31 bits per heavy atom. The van der Waals surface area contributed by atoms with Gasteiger partial charge in [-0.15, -0.1) is 6.58 Å². The molecule has 0 spiro atoms. The summed E-state index contributed by atoms with van der Waals surface area (Å²) in [7, 11) is 1.50. The lowest BCUT2D eigenvalue weighted by Gasteiger charge is -2.27. The van der Waals surface area contributed by atoms with E-state index in [0.29, 0.717) is 28.1 Å². The van der Waals surface area contributed by atoms with Crippen LogP contribution in [0.2, 0.25) is 0 Å². The van der Waals surface area contributed by atoms with Crippen LogP contribution in [0.3, 0.4) is 0 Å². The lowest BCUT2D eigenvalue weighted by molar-refractivity contribution is -0.128. The molecule has 0 bridgehead atoms. The fourth-order valence-electron chi connectivity index (χ4n) is 2.26. The van der Waals surface area contributed by atoms with Crippen molar-refractivity contribution in [2.75, 3.05) is 20.3 Å². The maximum atomic E-state index is 12.6. The Morgan fingerprint density at radius 3 is 2.65 bits per heavy atom. The molecular formula is C18H17BrN2O4S. The van der Waals surface area contributed by atoms with E-state index >= 15 is 0 Å². The molecule has 1 aliphatic heterocycles. The number of halogens is 1. The highest BCUT2D eigenvalue weighted by Gasteiger charge is 2.32. The van der Waals surface area contributed by atoms with Crippen LogP contribution in [0.5, 0.6) is 11.5 Å². The van der Waals surface area contributed by atoms with Crippen LogP contribution < -0.4 is 14.8 Å². The number of methoxy groups -OCH3 is 1. The molecule has 0 saturated carbocycles. The minimum Gasteiger partial charge on any atom is -0.493 e. The molecule has 136 valence electrons. The second kappa shape index (κ2) is 8.77. The molecular weight excluding hydrogens is 420 g/mol. The van der Waals surface area contributed by atoms with Crippen LogP contribution >= 0.6 is 28.1 Å². The highest BCUT2D eigenvalue weighted by molar-refractivity contribution is 9.10. The van der Waals surface area contributed by atoms with Gasteiger partial charge in [-0.3, -0.25) is 19.8 Å². The summed E-state index contributed by atoms with van der Waals surface area (Å²) in [5, 5.41) is 2.56. The first-order valence-electron chi connectivity index (χ1n) is 7.54. The molecule has 0 radical (unpaired) electrons. The van der Waals surface area contributed by atoms with E-state index in [1.807, 2.05) is 0 Å². The third-order valence-electron chi connectivity index (χ3n) is 3.41. The van der Waals surface area contributed by atoms with Crippen LogP contribution in [0, 0.1) is 0 Å². The molecule has 0 unspecified atom stereocenters. The number of carbonyl (C=O) groups is 2. The molecule has 0 aromatic heterocycles. The number of nitrogens with zero attached hydrogens (tertiary/aromatic N) is 1. The Balaban J connectivity index is 2.44. The zero-order chi connectivity index (χ0) is 19.3. The van der Waals surface area contributed by atoms with E-state index in [4.69, 9.17) is 21.7 Å². The molecule has 1 aromatic carbocycles. The molecule has 6 nitrogen and oxygen atoms in total. The zero-order valence-corrected chi connectivity index (χ0v) is 16.5. The quantitative estimate of drug-likeness (QED) is 0.308. The molecule has 8 heteroatoms. The molecule has 0 aliphatic carbocycles. The predicted octanol–water partition coefficient (Wildman–Crippen LogP) is 2.84. The highest BCUT2D eigenvalue weighted by atomic mass is 79.9. The van der Waals surface area contributed by atoms with E-state index in [2.05, 4.69) is 34.4 Å². The molecule has 26 heavy (non-hydrogen) atoms. The lowest BCUT2D eigenvalue weighted by atomic mass is 10.1. The smallest absolute Gasteiger partial charge is 0.265 e. The Hall–Kier alpha value is -2.45. The molecule has 1 heterocycles. The molecule has 1 aliphatic rings. The van der Waals surface area contributed by atoms with Gasteiger partial charge in [-0.1, -0.05) is 18.7 Å². The Labute approximate surface area is 165 Å². The average Bonchev–Trinajstić information content (AvgIpc) is 2.60. The SMILES string of the molecule is C=CCOc1c(Br)cc(/C=C2\C(=O)NC(=S)N(CC=C)C2=O)cc1OC. The fraction of sp³-hybridized carbons (Fsp3) is 0.167. The summed E-state index contributed by atoms with van der Waals surface area (Å²) in [5.41, 5.74) is 0.554. The first-order chi connectivity index (χ1) is 12.4. The maximum Gasteiger partial charge on any atom is 0.265 e. The standard InChI is InChI=1S/C18H17BrN2O4S/c1-4-6-21-17(23)12(16(22)20-18(21)26)8-11-9-13(19)15(25-7-5-2)14(10-11)24-3/h4-5,8-10H,1-2,6-7H2,3H3,(H,20,22,26)/b12-8+. The van der Waals surface area contributed by atoms with E-state index < -0.39 is 11.8 Å². The number of thiocarbonyl (C=S) groups is 1. The molecule has 1 aromatic rings. The highest BCUT2D eigenvalue weighted by Crippen LogP contribution is 2.37. The normalized spacial score (nSPS) is 15.7.